The minimum atomic E-state index is -4.76. The van der Waals surface area contributed by atoms with Crippen molar-refractivity contribution in [2.75, 3.05) is 0 Å². The van der Waals surface area contributed by atoms with Gasteiger partial charge in [0.25, 0.3) is 0 Å². The first-order valence-corrected chi connectivity index (χ1v) is 5.57. The highest BCUT2D eigenvalue weighted by molar-refractivity contribution is 5.78. The Morgan fingerprint density at radius 1 is 1.20 bits per heavy atom. The molecule has 7 nitrogen and oxygen atoms in total. The van der Waals surface area contributed by atoms with Crippen molar-refractivity contribution in [3.63, 3.8) is 0 Å². The molecule has 108 valence electrons. The van der Waals surface area contributed by atoms with E-state index in [0.717, 1.165) is 6.20 Å². The summed E-state index contributed by atoms with van der Waals surface area (Å²) in [6.45, 7) is 4.66. The summed E-state index contributed by atoms with van der Waals surface area (Å²) >= 11 is 0. The Bertz CT molecular complexity index is 622. The molecule has 2 aromatic heterocycles. The Labute approximate surface area is 111 Å². The summed E-state index contributed by atoms with van der Waals surface area (Å²) in [6, 6.07) is -1.10. The van der Waals surface area contributed by atoms with Crippen molar-refractivity contribution in [3.8, 4) is 0 Å². The fourth-order valence-electron chi connectivity index (χ4n) is 1.58. The van der Waals surface area contributed by atoms with Crippen molar-refractivity contribution in [1.82, 2.24) is 30.0 Å². The van der Waals surface area contributed by atoms with E-state index in [4.69, 9.17) is 0 Å². The Balaban J connectivity index is 2.61. The molecule has 2 rings (SSSR count). The summed E-state index contributed by atoms with van der Waals surface area (Å²) < 4.78 is 40.4. The molecule has 0 amide bonds. The molecule has 10 heteroatoms. The monoisotopic (exact) mass is 288 g/mol. The van der Waals surface area contributed by atoms with Crippen molar-refractivity contribution in [2.45, 2.75) is 32.4 Å². The molecule has 0 saturated carbocycles. The summed E-state index contributed by atoms with van der Waals surface area (Å²) in [5.41, 5.74) is -2.42. The number of nitrogens with zero attached hydrogens (tertiary/aromatic N) is 6. The molecule has 0 fully saturated rings. The molecule has 0 aliphatic heterocycles. The van der Waals surface area contributed by atoms with E-state index in [1.54, 1.807) is 20.8 Å². The number of aromatic nitrogens is 6. The van der Waals surface area contributed by atoms with E-state index in [-0.39, 0.29) is 10.4 Å². The van der Waals surface area contributed by atoms with Crippen LogP contribution in [0.5, 0.6) is 0 Å². The molecular weight excluding hydrogens is 277 g/mol. The molecule has 0 unspecified atom stereocenters. The van der Waals surface area contributed by atoms with Gasteiger partial charge in [0.15, 0.2) is 5.69 Å². The van der Waals surface area contributed by atoms with E-state index in [1.807, 2.05) is 0 Å². The molecular formula is C10H11F3N6O. The molecule has 0 atom stereocenters. The molecule has 0 bridgehead atoms. The number of alkyl halides is 3. The van der Waals surface area contributed by atoms with E-state index in [0.29, 0.717) is 4.68 Å². The fraction of sp³-hybridized carbons (Fsp3) is 0.500. The van der Waals surface area contributed by atoms with Crippen LogP contribution in [0.3, 0.4) is 0 Å². The van der Waals surface area contributed by atoms with Gasteiger partial charge in [-0.3, -0.25) is 0 Å². The van der Waals surface area contributed by atoms with E-state index in [9.17, 15) is 18.0 Å². The Kier molecular flexibility index (Phi) is 3.11. The summed E-state index contributed by atoms with van der Waals surface area (Å²) in [6.07, 6.45) is -2.46. The highest BCUT2D eigenvalue weighted by atomic mass is 19.4. The van der Waals surface area contributed by atoms with Gasteiger partial charge in [-0.05, 0) is 0 Å². The van der Waals surface area contributed by atoms with Crippen LogP contribution in [0.2, 0.25) is 0 Å². The van der Waals surface area contributed by atoms with Crippen molar-refractivity contribution >= 4 is 6.03 Å². The lowest BCUT2D eigenvalue weighted by Crippen LogP contribution is -2.28. The number of halogens is 3. The van der Waals surface area contributed by atoms with Gasteiger partial charge in [-0.15, -0.1) is 10.2 Å². The number of rotatable bonds is 0. The van der Waals surface area contributed by atoms with Crippen molar-refractivity contribution in [2.24, 2.45) is 0 Å². The molecule has 20 heavy (non-hydrogen) atoms. The summed E-state index contributed by atoms with van der Waals surface area (Å²) in [5, 5.41) is 13.5. The van der Waals surface area contributed by atoms with Gasteiger partial charge in [-0.1, -0.05) is 31.2 Å². The van der Waals surface area contributed by atoms with Crippen LogP contribution in [0.25, 0.3) is 0 Å². The predicted octanol–water partition coefficient (Wildman–Crippen LogP) is 1.70. The third-order valence-corrected chi connectivity index (χ3v) is 2.45. The standard InChI is InChI=1S/C10H11F3N6O/c1-9(2,3)6-7(10(11,12)13)19(17-15-6)8(20)18-5-4-14-16-18/h4-5H,1-3H3. The Hall–Kier alpha value is -2.26. The maximum absolute atomic E-state index is 13.2. The lowest BCUT2D eigenvalue weighted by molar-refractivity contribution is -0.144. The van der Waals surface area contributed by atoms with E-state index in [2.05, 4.69) is 20.6 Å². The van der Waals surface area contributed by atoms with Crippen LogP contribution in [-0.4, -0.2) is 36.0 Å². The van der Waals surface area contributed by atoms with Gasteiger partial charge in [0.05, 0.1) is 12.4 Å². The molecule has 0 aliphatic carbocycles. The van der Waals surface area contributed by atoms with Crippen LogP contribution >= 0.6 is 0 Å². The van der Waals surface area contributed by atoms with Gasteiger partial charge >= 0.3 is 12.2 Å². The first kappa shape index (κ1) is 14.2. The lowest BCUT2D eigenvalue weighted by atomic mass is 9.90. The second-order valence-corrected chi connectivity index (χ2v) is 5.08. The fourth-order valence-corrected chi connectivity index (χ4v) is 1.58. The largest absolute Gasteiger partial charge is 0.435 e. The number of carbonyl (C=O) groups is 1. The molecule has 0 saturated heterocycles. The zero-order valence-electron chi connectivity index (χ0n) is 10.9. The highest BCUT2D eigenvalue weighted by Gasteiger charge is 2.44. The summed E-state index contributed by atoms with van der Waals surface area (Å²) in [4.78, 5) is 11.9. The second-order valence-electron chi connectivity index (χ2n) is 5.08. The Morgan fingerprint density at radius 3 is 2.30 bits per heavy atom. The maximum Gasteiger partial charge on any atom is 0.435 e. The van der Waals surface area contributed by atoms with E-state index >= 15 is 0 Å². The highest BCUT2D eigenvalue weighted by Crippen LogP contribution is 2.36. The zero-order valence-corrected chi connectivity index (χ0v) is 10.9. The zero-order chi connectivity index (χ0) is 15.1. The number of carbonyl (C=O) groups excluding carboxylic acids is 1. The number of hydrogen-bond donors (Lipinski definition) is 0. The van der Waals surface area contributed by atoms with E-state index in [1.165, 1.54) is 6.20 Å². The smallest absolute Gasteiger partial charge is 0.243 e. The SMILES string of the molecule is CC(C)(C)c1nnn(C(=O)n2ccnn2)c1C(F)(F)F. The van der Waals surface area contributed by atoms with Gasteiger partial charge in [0, 0.05) is 5.41 Å². The quantitative estimate of drug-likeness (QED) is 0.737. The van der Waals surface area contributed by atoms with Crippen LogP contribution in [0.15, 0.2) is 12.4 Å². The van der Waals surface area contributed by atoms with E-state index < -0.39 is 23.3 Å². The topological polar surface area (TPSA) is 78.5 Å². The molecule has 2 heterocycles. The third kappa shape index (κ3) is 2.40. The van der Waals surface area contributed by atoms with Gasteiger partial charge in [0.2, 0.25) is 0 Å². The maximum atomic E-state index is 13.2. The Morgan fingerprint density at radius 2 is 1.85 bits per heavy atom. The third-order valence-electron chi connectivity index (χ3n) is 2.45. The minimum absolute atomic E-state index is 0.190. The molecule has 2 aromatic rings. The van der Waals surface area contributed by atoms with Gasteiger partial charge in [-0.2, -0.15) is 22.5 Å². The molecule has 0 aliphatic rings. The summed E-state index contributed by atoms with van der Waals surface area (Å²) in [5.74, 6) is 0. The number of hydrogen-bond acceptors (Lipinski definition) is 5. The first-order valence-electron chi connectivity index (χ1n) is 5.57. The van der Waals surface area contributed by atoms with Crippen molar-refractivity contribution in [3.05, 3.63) is 23.8 Å². The van der Waals surface area contributed by atoms with Gasteiger partial charge < -0.3 is 0 Å². The molecule has 0 aromatic carbocycles. The second kappa shape index (κ2) is 4.39. The summed E-state index contributed by atoms with van der Waals surface area (Å²) in [7, 11) is 0. The van der Waals surface area contributed by atoms with Crippen LogP contribution in [-0.2, 0) is 11.6 Å². The van der Waals surface area contributed by atoms with Crippen LogP contribution < -0.4 is 0 Å². The average Bonchev–Trinajstić information content (AvgIpc) is 2.95. The van der Waals surface area contributed by atoms with Crippen molar-refractivity contribution < 1.29 is 18.0 Å². The van der Waals surface area contributed by atoms with Crippen LogP contribution in [0, 0.1) is 0 Å². The van der Waals surface area contributed by atoms with Gasteiger partial charge in [-0.25, -0.2) is 4.79 Å². The minimum Gasteiger partial charge on any atom is -0.243 e. The molecule has 0 N–H and O–H groups in total. The van der Waals surface area contributed by atoms with Crippen molar-refractivity contribution in [1.29, 1.82) is 0 Å². The average molecular weight is 288 g/mol. The van der Waals surface area contributed by atoms with Crippen LogP contribution in [0.4, 0.5) is 18.0 Å². The lowest BCUT2D eigenvalue weighted by Gasteiger charge is -2.18. The van der Waals surface area contributed by atoms with Gasteiger partial charge in [0.1, 0.15) is 5.69 Å². The first-order chi connectivity index (χ1) is 9.12. The van der Waals surface area contributed by atoms with Crippen LogP contribution in [0.1, 0.15) is 32.2 Å². The molecule has 0 radical (unpaired) electrons. The normalized spacial score (nSPS) is 12.7. The molecule has 0 spiro atoms. The predicted molar refractivity (Wildman–Crippen MR) is 59.9 cm³/mol.